The number of benzene rings is 2. The molecule has 0 unspecified atom stereocenters. The molecule has 0 aliphatic heterocycles. The number of rotatable bonds is 6. The Morgan fingerprint density at radius 1 is 1.17 bits per heavy atom. The highest BCUT2D eigenvalue weighted by atomic mass is 16.6. The number of phenols is 1. The first-order valence-corrected chi connectivity index (χ1v) is 10.8. The van der Waals surface area contributed by atoms with Gasteiger partial charge >= 0.3 is 6.09 Å². The largest absolute Gasteiger partial charge is 0.504 e. The average Bonchev–Trinajstić information content (AvgIpc) is 2.70. The highest BCUT2D eigenvalue weighted by Crippen LogP contribution is 2.38. The third kappa shape index (κ3) is 5.47. The van der Waals surface area contributed by atoms with Crippen molar-refractivity contribution in [3.8, 4) is 11.5 Å². The Labute approximate surface area is 179 Å². The first kappa shape index (κ1) is 22.0. The molecule has 0 heterocycles. The van der Waals surface area contributed by atoms with Gasteiger partial charge in [-0.25, -0.2) is 4.79 Å². The van der Waals surface area contributed by atoms with E-state index in [1.165, 1.54) is 0 Å². The molecule has 2 aromatic rings. The van der Waals surface area contributed by atoms with Crippen LogP contribution >= 0.6 is 0 Å². The van der Waals surface area contributed by atoms with Gasteiger partial charge in [-0.05, 0) is 63.6 Å². The van der Waals surface area contributed by atoms with Gasteiger partial charge in [0.25, 0.3) is 0 Å². The normalized spacial score (nSPS) is 15.9. The lowest BCUT2D eigenvalue weighted by molar-refractivity contribution is 0.0146. The third-order valence-corrected chi connectivity index (χ3v) is 5.30. The van der Waals surface area contributed by atoms with Crippen LogP contribution in [0.25, 0.3) is 0 Å². The summed E-state index contributed by atoms with van der Waals surface area (Å²) in [4.78, 5) is 14.6. The molecule has 1 aliphatic rings. The zero-order valence-corrected chi connectivity index (χ0v) is 18.5. The summed E-state index contributed by atoms with van der Waals surface area (Å²) in [6, 6.07) is 13.8. The topological polar surface area (TPSA) is 59.0 Å². The van der Waals surface area contributed by atoms with E-state index in [2.05, 4.69) is 6.92 Å². The van der Waals surface area contributed by atoms with Crippen molar-refractivity contribution in [3.63, 3.8) is 0 Å². The number of amides is 1. The summed E-state index contributed by atoms with van der Waals surface area (Å²) in [5, 5.41) is 10.8. The first-order chi connectivity index (χ1) is 14.3. The maximum absolute atomic E-state index is 12.7. The third-order valence-electron chi connectivity index (χ3n) is 5.30. The number of phenolic OH excluding ortho intramolecular Hbond substituents is 1. The van der Waals surface area contributed by atoms with E-state index < -0.39 is 5.60 Å². The van der Waals surface area contributed by atoms with Gasteiger partial charge in [0.15, 0.2) is 11.5 Å². The van der Waals surface area contributed by atoms with Gasteiger partial charge in [0, 0.05) is 18.2 Å². The molecule has 0 fully saturated rings. The fourth-order valence-corrected chi connectivity index (χ4v) is 3.90. The van der Waals surface area contributed by atoms with E-state index in [0.717, 1.165) is 29.5 Å². The summed E-state index contributed by atoms with van der Waals surface area (Å²) in [5.41, 5.74) is 2.54. The summed E-state index contributed by atoms with van der Waals surface area (Å²) in [6.07, 6.45) is 2.82. The van der Waals surface area contributed by atoms with Crippen LogP contribution in [0.4, 0.5) is 4.79 Å². The van der Waals surface area contributed by atoms with Crippen molar-refractivity contribution in [2.24, 2.45) is 0 Å². The van der Waals surface area contributed by atoms with Crippen LogP contribution in [-0.4, -0.2) is 34.3 Å². The monoisotopic (exact) mass is 411 g/mol. The molecular weight excluding hydrogens is 378 g/mol. The number of hydrogen-bond donors (Lipinski definition) is 1. The molecule has 0 saturated heterocycles. The van der Waals surface area contributed by atoms with E-state index >= 15 is 0 Å². The van der Waals surface area contributed by atoms with Crippen LogP contribution in [0.15, 0.2) is 42.5 Å². The standard InChI is InChI=1S/C25H33NO4/c1-5-15-26(24(28)30-25(2,3)4)20-12-13-21-19(16-20)11-14-22(23(21)27)29-17-18-9-7-6-8-10-18/h6-11,14,20,27H,5,12-13,15-17H2,1-4H3/t20-/m0/s1. The van der Waals surface area contributed by atoms with E-state index in [-0.39, 0.29) is 17.9 Å². The molecule has 1 amide bonds. The number of hydrogen-bond acceptors (Lipinski definition) is 4. The van der Waals surface area contributed by atoms with E-state index in [1.807, 2.05) is 68.1 Å². The number of nitrogens with zero attached hydrogens (tertiary/aromatic N) is 1. The molecule has 1 atom stereocenters. The van der Waals surface area contributed by atoms with E-state index in [9.17, 15) is 9.90 Å². The molecule has 5 nitrogen and oxygen atoms in total. The molecular formula is C25H33NO4. The highest BCUT2D eigenvalue weighted by molar-refractivity contribution is 5.69. The van der Waals surface area contributed by atoms with Crippen molar-refractivity contribution in [1.82, 2.24) is 4.90 Å². The van der Waals surface area contributed by atoms with Crippen molar-refractivity contribution in [1.29, 1.82) is 0 Å². The molecule has 0 radical (unpaired) electrons. The second-order valence-corrected chi connectivity index (χ2v) is 8.89. The molecule has 1 aliphatic carbocycles. The number of carbonyl (C=O) groups is 1. The Balaban J connectivity index is 1.72. The highest BCUT2D eigenvalue weighted by Gasteiger charge is 2.31. The zero-order valence-electron chi connectivity index (χ0n) is 18.5. The van der Waals surface area contributed by atoms with Gasteiger partial charge in [0.1, 0.15) is 12.2 Å². The minimum atomic E-state index is -0.515. The van der Waals surface area contributed by atoms with Crippen LogP contribution in [-0.2, 0) is 24.2 Å². The van der Waals surface area contributed by atoms with Crippen molar-refractivity contribution in [3.05, 3.63) is 59.2 Å². The molecule has 0 aromatic heterocycles. The molecule has 30 heavy (non-hydrogen) atoms. The lowest BCUT2D eigenvalue weighted by Crippen LogP contribution is -2.46. The minimum Gasteiger partial charge on any atom is -0.504 e. The summed E-state index contributed by atoms with van der Waals surface area (Å²) in [5.74, 6) is 0.731. The maximum Gasteiger partial charge on any atom is 0.410 e. The number of carbonyl (C=O) groups excluding carboxylic acids is 1. The fourth-order valence-electron chi connectivity index (χ4n) is 3.90. The number of aromatic hydroxyl groups is 1. The van der Waals surface area contributed by atoms with Crippen LogP contribution in [0.1, 0.15) is 57.2 Å². The van der Waals surface area contributed by atoms with Gasteiger partial charge in [-0.2, -0.15) is 0 Å². The van der Waals surface area contributed by atoms with Gasteiger partial charge in [0.2, 0.25) is 0 Å². The lowest BCUT2D eigenvalue weighted by atomic mass is 9.86. The average molecular weight is 412 g/mol. The van der Waals surface area contributed by atoms with Crippen LogP contribution < -0.4 is 4.74 Å². The summed E-state index contributed by atoms with van der Waals surface area (Å²) >= 11 is 0. The van der Waals surface area contributed by atoms with Crippen molar-refractivity contribution >= 4 is 6.09 Å². The number of fused-ring (bicyclic) bond motifs is 1. The van der Waals surface area contributed by atoms with Gasteiger partial charge < -0.3 is 19.5 Å². The van der Waals surface area contributed by atoms with E-state index in [0.29, 0.717) is 31.7 Å². The van der Waals surface area contributed by atoms with Crippen molar-refractivity contribution in [2.75, 3.05) is 6.54 Å². The summed E-state index contributed by atoms with van der Waals surface area (Å²) in [6.45, 7) is 8.81. The summed E-state index contributed by atoms with van der Waals surface area (Å²) in [7, 11) is 0. The molecule has 0 saturated carbocycles. The molecule has 0 bridgehead atoms. The first-order valence-electron chi connectivity index (χ1n) is 10.8. The van der Waals surface area contributed by atoms with Crippen LogP contribution in [0.3, 0.4) is 0 Å². The Hall–Kier alpha value is -2.69. The van der Waals surface area contributed by atoms with Gasteiger partial charge in [0.05, 0.1) is 0 Å². The summed E-state index contributed by atoms with van der Waals surface area (Å²) < 4.78 is 11.5. The Morgan fingerprint density at radius 2 is 1.90 bits per heavy atom. The van der Waals surface area contributed by atoms with E-state index in [1.54, 1.807) is 0 Å². The second-order valence-electron chi connectivity index (χ2n) is 8.89. The quantitative estimate of drug-likeness (QED) is 0.684. The van der Waals surface area contributed by atoms with Crippen LogP contribution in [0.2, 0.25) is 0 Å². The zero-order chi connectivity index (χ0) is 21.7. The lowest BCUT2D eigenvalue weighted by Gasteiger charge is -2.36. The fraction of sp³-hybridized carbons (Fsp3) is 0.480. The SMILES string of the molecule is CCCN(C(=O)OC(C)(C)C)[C@H]1CCc2c(ccc(OCc3ccccc3)c2O)C1. The van der Waals surface area contributed by atoms with Crippen molar-refractivity contribution in [2.45, 2.75) is 71.6 Å². The molecule has 5 heteroatoms. The van der Waals surface area contributed by atoms with Gasteiger partial charge in [-0.15, -0.1) is 0 Å². The molecule has 2 aromatic carbocycles. The Kier molecular flexibility index (Phi) is 6.91. The predicted octanol–water partition coefficient (Wildman–Crippen LogP) is 5.48. The molecule has 3 rings (SSSR count). The number of ether oxygens (including phenoxy) is 2. The van der Waals surface area contributed by atoms with Crippen LogP contribution in [0.5, 0.6) is 11.5 Å². The molecule has 1 N–H and O–H groups in total. The maximum atomic E-state index is 12.7. The second kappa shape index (κ2) is 9.41. The Morgan fingerprint density at radius 3 is 2.57 bits per heavy atom. The molecule has 0 spiro atoms. The Bertz CT molecular complexity index is 857. The van der Waals surface area contributed by atoms with Crippen LogP contribution in [0, 0.1) is 0 Å². The van der Waals surface area contributed by atoms with Gasteiger partial charge in [-0.3, -0.25) is 0 Å². The minimum absolute atomic E-state index is 0.0720. The van der Waals surface area contributed by atoms with Gasteiger partial charge in [-0.1, -0.05) is 43.3 Å². The van der Waals surface area contributed by atoms with Crippen molar-refractivity contribution < 1.29 is 19.4 Å². The molecule has 162 valence electrons. The predicted molar refractivity (Wildman–Crippen MR) is 118 cm³/mol. The smallest absolute Gasteiger partial charge is 0.410 e. The van der Waals surface area contributed by atoms with E-state index in [4.69, 9.17) is 9.47 Å².